The molecule has 1 aliphatic carbocycles. The van der Waals surface area contributed by atoms with Crippen molar-refractivity contribution in [1.29, 1.82) is 0 Å². The zero-order valence-corrected chi connectivity index (χ0v) is 12.1. The summed E-state index contributed by atoms with van der Waals surface area (Å²) in [6.07, 6.45) is 5.51. The zero-order chi connectivity index (χ0) is 14.5. The molecule has 0 aliphatic heterocycles. The number of rotatable bonds is 5. The second-order valence-electron chi connectivity index (χ2n) is 5.62. The highest BCUT2D eigenvalue weighted by atomic mass is 16.5. The van der Waals surface area contributed by atoms with E-state index in [0.717, 1.165) is 25.0 Å². The molecule has 5 heteroatoms. The molecule has 112 valence electrons. The highest BCUT2D eigenvalue weighted by molar-refractivity contribution is 5.20. The molecule has 0 amide bonds. The van der Waals surface area contributed by atoms with Crippen LogP contribution in [0.1, 0.15) is 37.4 Å². The Morgan fingerprint density at radius 1 is 1.19 bits per heavy atom. The maximum atomic E-state index is 6.15. The summed E-state index contributed by atoms with van der Waals surface area (Å²) in [6, 6.07) is 9.88. The average Bonchev–Trinajstić information content (AvgIpc) is 2.96. The minimum atomic E-state index is 0.259. The van der Waals surface area contributed by atoms with E-state index < -0.39 is 0 Å². The van der Waals surface area contributed by atoms with Crippen LogP contribution in [0.4, 0.5) is 0 Å². The van der Waals surface area contributed by atoms with Crippen molar-refractivity contribution in [3.8, 4) is 5.75 Å². The summed E-state index contributed by atoms with van der Waals surface area (Å²) in [5.41, 5.74) is 6.15. The molecule has 1 aliphatic rings. The molecule has 0 bridgehead atoms. The number of benzene rings is 1. The number of nitrogens with two attached hydrogens (primary N) is 1. The predicted octanol–water partition coefficient (Wildman–Crippen LogP) is 2.71. The van der Waals surface area contributed by atoms with Gasteiger partial charge in [0.1, 0.15) is 5.75 Å². The van der Waals surface area contributed by atoms with Crippen LogP contribution in [-0.4, -0.2) is 16.2 Å². The van der Waals surface area contributed by atoms with Crippen LogP contribution in [0.3, 0.4) is 0 Å². The summed E-state index contributed by atoms with van der Waals surface area (Å²) in [4.78, 5) is 4.40. The van der Waals surface area contributed by atoms with Gasteiger partial charge in [0.25, 0.3) is 0 Å². The Morgan fingerprint density at radius 2 is 2.00 bits per heavy atom. The molecule has 2 atom stereocenters. The normalized spacial score (nSPS) is 22.1. The van der Waals surface area contributed by atoms with Crippen LogP contribution in [0.25, 0.3) is 0 Å². The molecule has 1 aromatic carbocycles. The van der Waals surface area contributed by atoms with E-state index >= 15 is 0 Å². The summed E-state index contributed by atoms with van der Waals surface area (Å²) in [5.74, 6) is 2.52. The molecule has 1 fully saturated rings. The van der Waals surface area contributed by atoms with Gasteiger partial charge in [-0.1, -0.05) is 36.2 Å². The largest absolute Gasteiger partial charge is 0.485 e. The predicted molar refractivity (Wildman–Crippen MR) is 78.7 cm³/mol. The monoisotopic (exact) mass is 287 g/mol. The van der Waals surface area contributed by atoms with Crippen LogP contribution in [0.15, 0.2) is 34.9 Å². The Hall–Kier alpha value is -1.88. The topological polar surface area (TPSA) is 74.2 Å². The van der Waals surface area contributed by atoms with E-state index in [1.54, 1.807) is 0 Å². The summed E-state index contributed by atoms with van der Waals surface area (Å²) >= 11 is 0. The summed E-state index contributed by atoms with van der Waals surface area (Å²) in [5, 5.41) is 3.97. The molecule has 21 heavy (non-hydrogen) atoms. The van der Waals surface area contributed by atoms with Crippen molar-refractivity contribution < 1.29 is 9.26 Å². The molecule has 2 N–H and O–H groups in total. The fraction of sp³-hybridized carbons (Fsp3) is 0.500. The number of aromatic nitrogens is 2. The summed E-state index contributed by atoms with van der Waals surface area (Å²) in [7, 11) is 0. The van der Waals surface area contributed by atoms with Gasteiger partial charge < -0.3 is 15.0 Å². The molecular formula is C16H21N3O2. The molecular weight excluding hydrogens is 266 g/mol. The molecule has 2 aromatic rings. The number of para-hydroxylation sites is 1. The van der Waals surface area contributed by atoms with E-state index in [1.807, 2.05) is 30.3 Å². The van der Waals surface area contributed by atoms with Crippen molar-refractivity contribution >= 4 is 0 Å². The van der Waals surface area contributed by atoms with Crippen LogP contribution >= 0.6 is 0 Å². The van der Waals surface area contributed by atoms with Crippen molar-refractivity contribution in [1.82, 2.24) is 10.1 Å². The smallest absolute Gasteiger partial charge is 0.227 e. The van der Waals surface area contributed by atoms with Crippen LogP contribution < -0.4 is 10.5 Å². The molecule has 1 saturated carbocycles. The Kier molecular flexibility index (Phi) is 4.50. The first-order chi connectivity index (χ1) is 10.3. The van der Waals surface area contributed by atoms with Gasteiger partial charge in [0, 0.05) is 12.5 Å². The zero-order valence-electron chi connectivity index (χ0n) is 12.1. The number of hydrogen-bond donors (Lipinski definition) is 1. The Bertz CT molecular complexity index is 556. The first-order valence-corrected chi connectivity index (χ1v) is 7.56. The van der Waals surface area contributed by atoms with Crippen LogP contribution in [0.5, 0.6) is 5.75 Å². The first kappa shape index (κ1) is 14.1. The van der Waals surface area contributed by atoms with Crippen molar-refractivity contribution in [2.24, 2.45) is 11.7 Å². The van der Waals surface area contributed by atoms with Gasteiger partial charge in [-0.15, -0.1) is 0 Å². The van der Waals surface area contributed by atoms with Gasteiger partial charge in [-0.25, -0.2) is 0 Å². The third kappa shape index (κ3) is 3.82. The summed E-state index contributed by atoms with van der Waals surface area (Å²) in [6.45, 7) is 0.324. The first-order valence-electron chi connectivity index (χ1n) is 7.56. The fourth-order valence-corrected chi connectivity index (χ4v) is 2.81. The lowest BCUT2D eigenvalue weighted by atomic mass is 9.83. The Morgan fingerprint density at radius 3 is 2.81 bits per heavy atom. The van der Waals surface area contributed by atoms with E-state index in [2.05, 4.69) is 10.1 Å². The maximum Gasteiger partial charge on any atom is 0.227 e. The summed E-state index contributed by atoms with van der Waals surface area (Å²) < 4.78 is 10.9. The standard InChI is InChI=1S/C16H21N3O2/c17-14-9-5-4-6-12(14)10-16-18-15(19-21-16)11-20-13-7-2-1-3-8-13/h1-3,7-8,12,14H,4-6,9-11,17H2. The SMILES string of the molecule is NC1CCCCC1Cc1nc(COc2ccccc2)no1. The lowest BCUT2D eigenvalue weighted by Crippen LogP contribution is -2.34. The molecule has 1 aromatic heterocycles. The third-order valence-electron chi connectivity index (χ3n) is 4.03. The van der Waals surface area contributed by atoms with Crippen LogP contribution in [-0.2, 0) is 13.0 Å². The Labute approximate surface area is 124 Å². The van der Waals surface area contributed by atoms with Crippen molar-refractivity contribution in [2.75, 3.05) is 0 Å². The molecule has 2 unspecified atom stereocenters. The van der Waals surface area contributed by atoms with Crippen LogP contribution in [0.2, 0.25) is 0 Å². The number of nitrogens with zero attached hydrogens (tertiary/aromatic N) is 2. The molecule has 1 heterocycles. The van der Waals surface area contributed by atoms with Gasteiger partial charge in [0.15, 0.2) is 6.61 Å². The maximum absolute atomic E-state index is 6.15. The third-order valence-corrected chi connectivity index (χ3v) is 4.03. The van der Waals surface area contributed by atoms with E-state index in [4.69, 9.17) is 15.0 Å². The highest BCUT2D eigenvalue weighted by Crippen LogP contribution is 2.25. The average molecular weight is 287 g/mol. The lowest BCUT2D eigenvalue weighted by molar-refractivity contribution is 0.267. The fourth-order valence-electron chi connectivity index (χ4n) is 2.81. The van der Waals surface area contributed by atoms with Gasteiger partial charge in [0.05, 0.1) is 0 Å². The van der Waals surface area contributed by atoms with Crippen molar-refractivity contribution in [2.45, 2.75) is 44.8 Å². The number of ether oxygens (including phenoxy) is 1. The molecule has 0 saturated heterocycles. The van der Waals surface area contributed by atoms with Gasteiger partial charge in [-0.3, -0.25) is 0 Å². The van der Waals surface area contributed by atoms with E-state index in [9.17, 15) is 0 Å². The minimum absolute atomic E-state index is 0.259. The van der Waals surface area contributed by atoms with Gasteiger partial charge in [-0.05, 0) is 30.9 Å². The molecule has 0 spiro atoms. The van der Waals surface area contributed by atoms with Gasteiger partial charge in [-0.2, -0.15) is 4.98 Å². The highest BCUT2D eigenvalue weighted by Gasteiger charge is 2.24. The second-order valence-corrected chi connectivity index (χ2v) is 5.62. The molecule has 5 nitrogen and oxygen atoms in total. The van der Waals surface area contributed by atoms with E-state index in [-0.39, 0.29) is 6.04 Å². The van der Waals surface area contributed by atoms with Crippen molar-refractivity contribution in [3.05, 3.63) is 42.0 Å². The molecule has 0 radical (unpaired) electrons. The minimum Gasteiger partial charge on any atom is -0.485 e. The second kappa shape index (κ2) is 6.72. The Balaban J connectivity index is 1.53. The van der Waals surface area contributed by atoms with Crippen LogP contribution in [0, 0.1) is 5.92 Å². The lowest BCUT2D eigenvalue weighted by Gasteiger charge is -2.27. The van der Waals surface area contributed by atoms with E-state index in [0.29, 0.717) is 24.2 Å². The van der Waals surface area contributed by atoms with E-state index in [1.165, 1.54) is 12.8 Å². The van der Waals surface area contributed by atoms with Gasteiger partial charge >= 0.3 is 0 Å². The van der Waals surface area contributed by atoms with Crippen molar-refractivity contribution in [3.63, 3.8) is 0 Å². The van der Waals surface area contributed by atoms with Gasteiger partial charge in [0.2, 0.25) is 11.7 Å². The quantitative estimate of drug-likeness (QED) is 0.915. The number of hydrogen-bond acceptors (Lipinski definition) is 5. The molecule has 3 rings (SSSR count).